The van der Waals surface area contributed by atoms with Crippen molar-refractivity contribution in [2.45, 2.75) is 39.8 Å². The molecule has 9 heteroatoms. The van der Waals surface area contributed by atoms with Crippen molar-refractivity contribution >= 4 is 56.6 Å². The van der Waals surface area contributed by atoms with Gasteiger partial charge < -0.3 is 14.2 Å². The van der Waals surface area contributed by atoms with E-state index in [4.69, 9.17) is 27.9 Å². The number of fused-ring (bicyclic) bond motifs is 1. The number of carbonyl (C=O) groups is 2. The maximum absolute atomic E-state index is 13.5. The van der Waals surface area contributed by atoms with Crippen LogP contribution >= 0.6 is 34.5 Å². The van der Waals surface area contributed by atoms with Crippen molar-refractivity contribution in [3.05, 3.63) is 56.5 Å². The zero-order chi connectivity index (χ0) is 24.6. The molecule has 6 nitrogen and oxygen atoms in total. The van der Waals surface area contributed by atoms with Crippen molar-refractivity contribution in [3.63, 3.8) is 0 Å². The molecule has 0 N–H and O–H groups in total. The average Bonchev–Trinajstić information content (AvgIpc) is 3.33. The van der Waals surface area contributed by atoms with E-state index in [1.54, 1.807) is 34.4 Å². The molecule has 0 atom stereocenters. The van der Waals surface area contributed by atoms with E-state index in [2.05, 4.69) is 9.47 Å². The Bertz CT molecular complexity index is 1220. The van der Waals surface area contributed by atoms with Crippen molar-refractivity contribution in [1.82, 2.24) is 14.4 Å². The summed E-state index contributed by atoms with van der Waals surface area (Å²) < 4.78 is 7.70. The molecular weight excluding hydrogens is 493 g/mol. The Morgan fingerprint density at radius 1 is 1.06 bits per heavy atom. The van der Waals surface area contributed by atoms with E-state index in [-0.39, 0.29) is 16.9 Å². The number of ether oxygens (including phenoxy) is 1. The molecule has 0 saturated carbocycles. The van der Waals surface area contributed by atoms with Gasteiger partial charge in [0.25, 0.3) is 0 Å². The van der Waals surface area contributed by atoms with Crippen molar-refractivity contribution in [1.29, 1.82) is 0 Å². The molecule has 1 fully saturated rings. The second kappa shape index (κ2) is 9.90. The second-order valence-corrected chi connectivity index (χ2v) is 11.2. The molecule has 3 aromatic rings. The Morgan fingerprint density at radius 2 is 1.76 bits per heavy atom. The van der Waals surface area contributed by atoms with Crippen molar-refractivity contribution < 1.29 is 14.3 Å². The molecule has 1 aromatic carbocycles. The molecule has 34 heavy (non-hydrogen) atoms. The fourth-order valence-electron chi connectivity index (χ4n) is 4.27. The van der Waals surface area contributed by atoms with E-state index in [9.17, 15) is 9.59 Å². The molecule has 182 valence electrons. The number of piperazine rings is 1. The lowest BCUT2D eigenvalue weighted by molar-refractivity contribution is 0.0143. The van der Waals surface area contributed by atoms with Crippen LogP contribution in [0.25, 0.3) is 10.2 Å². The number of thiophene rings is 1. The molecule has 1 aliphatic rings. The maximum Gasteiger partial charge on any atom is 0.410 e. The summed E-state index contributed by atoms with van der Waals surface area (Å²) >= 11 is 14.1. The van der Waals surface area contributed by atoms with Crippen LogP contribution in [0.5, 0.6) is 0 Å². The van der Waals surface area contributed by atoms with Gasteiger partial charge in [0.15, 0.2) is 5.78 Å². The van der Waals surface area contributed by atoms with E-state index in [0.717, 1.165) is 42.1 Å². The zero-order valence-electron chi connectivity index (χ0n) is 19.9. The number of halogens is 2. The van der Waals surface area contributed by atoms with Crippen LogP contribution in [0.1, 0.15) is 42.4 Å². The molecule has 4 rings (SSSR count). The predicted octanol–water partition coefficient (Wildman–Crippen LogP) is 6.10. The molecule has 1 amide bonds. The van der Waals surface area contributed by atoms with Gasteiger partial charge >= 0.3 is 6.09 Å². The first-order valence-electron chi connectivity index (χ1n) is 11.3. The first-order chi connectivity index (χ1) is 16.1. The minimum absolute atomic E-state index is 0.113. The molecular formula is C25H29Cl2N3O3S. The van der Waals surface area contributed by atoms with Gasteiger partial charge in [-0.05, 0) is 51.3 Å². The average molecular weight is 522 g/mol. The largest absolute Gasteiger partial charge is 0.444 e. The highest BCUT2D eigenvalue weighted by Crippen LogP contribution is 2.34. The Hall–Kier alpha value is -2.06. The number of hydrogen-bond donors (Lipinski definition) is 0. The normalized spacial score (nSPS) is 15.2. The predicted molar refractivity (Wildman–Crippen MR) is 139 cm³/mol. The highest BCUT2D eigenvalue weighted by molar-refractivity contribution is 7.16. The monoisotopic (exact) mass is 521 g/mol. The maximum atomic E-state index is 13.5. The lowest BCUT2D eigenvalue weighted by atomic mass is 10.0. The number of carbonyl (C=O) groups excluding carboxylic acids is 2. The topological polar surface area (TPSA) is 54.8 Å². The van der Waals surface area contributed by atoms with E-state index >= 15 is 0 Å². The number of ketones is 1. The molecule has 0 aliphatic carbocycles. The van der Waals surface area contributed by atoms with E-state index in [1.165, 1.54) is 0 Å². The van der Waals surface area contributed by atoms with Crippen LogP contribution in [0, 0.1) is 6.92 Å². The minimum atomic E-state index is -0.489. The Morgan fingerprint density at radius 3 is 2.44 bits per heavy atom. The summed E-state index contributed by atoms with van der Waals surface area (Å²) in [5.41, 5.74) is 1.53. The summed E-state index contributed by atoms with van der Waals surface area (Å²) in [6.45, 7) is 12.1. The number of amides is 1. The summed E-state index contributed by atoms with van der Waals surface area (Å²) in [6, 6.07) is 7.14. The zero-order valence-corrected chi connectivity index (χ0v) is 22.2. The van der Waals surface area contributed by atoms with Gasteiger partial charge in [0.05, 0.1) is 15.6 Å². The van der Waals surface area contributed by atoms with Gasteiger partial charge in [-0.1, -0.05) is 29.3 Å². The van der Waals surface area contributed by atoms with Crippen molar-refractivity contribution in [2.24, 2.45) is 0 Å². The third-order valence-electron chi connectivity index (χ3n) is 6.01. The standard InChI is InChI=1S/C25H29Cl2N3O3S/c1-16-20(22(31)18-6-5-7-19(26)21(18)27)17-8-15-34-23(17)30(16)14-11-28-9-12-29(13-10-28)24(32)33-25(2,3)4/h5-8,15H,9-14H2,1-4H3. The van der Waals surface area contributed by atoms with Gasteiger partial charge in [0, 0.05) is 55.9 Å². The van der Waals surface area contributed by atoms with Crippen LogP contribution in [0.15, 0.2) is 29.6 Å². The van der Waals surface area contributed by atoms with Gasteiger partial charge in [0.1, 0.15) is 10.4 Å². The summed E-state index contributed by atoms with van der Waals surface area (Å²) in [6.07, 6.45) is -0.253. The van der Waals surface area contributed by atoms with E-state index in [1.807, 2.05) is 39.1 Å². The Kier molecular flexibility index (Phi) is 7.29. The molecule has 0 radical (unpaired) electrons. The van der Waals surface area contributed by atoms with Crippen molar-refractivity contribution in [2.75, 3.05) is 32.7 Å². The molecule has 1 aliphatic heterocycles. The summed E-state index contributed by atoms with van der Waals surface area (Å²) in [7, 11) is 0. The van der Waals surface area contributed by atoms with Gasteiger partial charge in [-0.15, -0.1) is 11.3 Å². The highest BCUT2D eigenvalue weighted by atomic mass is 35.5. The SMILES string of the molecule is Cc1c(C(=O)c2cccc(Cl)c2Cl)c2ccsc2n1CCN1CCN(C(=O)OC(C)(C)C)CC1. The van der Waals surface area contributed by atoms with E-state index < -0.39 is 5.60 Å². The fourth-order valence-corrected chi connectivity index (χ4v) is 5.65. The fraction of sp³-hybridized carbons (Fsp3) is 0.440. The van der Waals surface area contributed by atoms with Gasteiger partial charge in [-0.2, -0.15) is 0 Å². The smallest absolute Gasteiger partial charge is 0.410 e. The van der Waals surface area contributed by atoms with Crippen LogP contribution < -0.4 is 0 Å². The van der Waals surface area contributed by atoms with Crippen LogP contribution in [0.2, 0.25) is 10.0 Å². The van der Waals surface area contributed by atoms with Crippen LogP contribution in [-0.2, 0) is 11.3 Å². The summed E-state index contributed by atoms with van der Waals surface area (Å²) in [4.78, 5) is 31.0. The number of aromatic nitrogens is 1. The molecule has 2 aromatic heterocycles. The van der Waals surface area contributed by atoms with Gasteiger partial charge in [-0.25, -0.2) is 4.79 Å². The molecule has 1 saturated heterocycles. The third-order valence-corrected chi connectivity index (χ3v) is 7.77. The quantitative estimate of drug-likeness (QED) is 0.380. The Balaban J connectivity index is 1.47. The van der Waals surface area contributed by atoms with Crippen LogP contribution in [0.3, 0.4) is 0 Å². The van der Waals surface area contributed by atoms with E-state index in [0.29, 0.717) is 29.2 Å². The summed E-state index contributed by atoms with van der Waals surface area (Å²) in [5.74, 6) is -0.113. The van der Waals surface area contributed by atoms with Crippen molar-refractivity contribution in [3.8, 4) is 0 Å². The molecule has 0 spiro atoms. The number of rotatable bonds is 5. The highest BCUT2D eigenvalue weighted by Gasteiger charge is 2.27. The second-order valence-electron chi connectivity index (χ2n) is 9.49. The third kappa shape index (κ3) is 5.13. The number of nitrogens with zero attached hydrogens (tertiary/aromatic N) is 3. The van der Waals surface area contributed by atoms with Gasteiger partial charge in [0.2, 0.25) is 0 Å². The first-order valence-corrected chi connectivity index (χ1v) is 13.0. The first kappa shape index (κ1) is 25.0. The minimum Gasteiger partial charge on any atom is -0.444 e. The lowest BCUT2D eigenvalue weighted by Gasteiger charge is -2.35. The number of benzene rings is 1. The molecule has 0 unspecified atom stereocenters. The Labute approximate surface area is 214 Å². The van der Waals surface area contributed by atoms with Gasteiger partial charge in [-0.3, -0.25) is 9.69 Å². The van der Waals surface area contributed by atoms with Crippen LogP contribution in [0.4, 0.5) is 4.79 Å². The molecule has 3 heterocycles. The van der Waals surface area contributed by atoms with Crippen LogP contribution in [-0.4, -0.2) is 64.6 Å². The molecule has 0 bridgehead atoms. The summed E-state index contributed by atoms with van der Waals surface area (Å²) in [5, 5.41) is 3.61. The lowest BCUT2D eigenvalue weighted by Crippen LogP contribution is -2.50. The number of hydrogen-bond acceptors (Lipinski definition) is 5.